The highest BCUT2D eigenvalue weighted by Gasteiger charge is 2.01. The van der Waals surface area contributed by atoms with Crippen LogP contribution in [-0.4, -0.2) is 24.6 Å². The van der Waals surface area contributed by atoms with Crippen LogP contribution in [0.25, 0.3) is 5.57 Å². The first-order valence-corrected chi connectivity index (χ1v) is 4.13. The van der Waals surface area contributed by atoms with Crippen molar-refractivity contribution in [2.75, 3.05) is 13.7 Å². The van der Waals surface area contributed by atoms with Gasteiger partial charge in [-0.15, -0.1) is 0 Å². The van der Waals surface area contributed by atoms with Crippen molar-refractivity contribution in [1.29, 1.82) is 0 Å². The van der Waals surface area contributed by atoms with Crippen molar-refractivity contribution in [2.24, 2.45) is 5.73 Å². The predicted octanol–water partition coefficient (Wildman–Crippen LogP) is 0.597. The van der Waals surface area contributed by atoms with Crippen LogP contribution in [0.2, 0.25) is 0 Å². The molecule has 1 aromatic heterocycles. The Hall–Kier alpha value is -1.68. The molecule has 0 saturated heterocycles. The number of hydrogen-bond acceptors (Lipinski definition) is 3. The van der Waals surface area contributed by atoms with Gasteiger partial charge in [-0.25, -0.2) is 0 Å². The minimum absolute atomic E-state index is 0.354. The Kier molecular flexibility index (Phi) is 3.82. The van der Waals surface area contributed by atoms with E-state index in [0.717, 1.165) is 11.1 Å². The SMILES string of the molecule is COCC(=CC(N)=O)c1ccncc1. The van der Waals surface area contributed by atoms with Gasteiger partial charge in [-0.05, 0) is 23.3 Å². The molecule has 1 amide bonds. The van der Waals surface area contributed by atoms with E-state index in [9.17, 15) is 4.79 Å². The van der Waals surface area contributed by atoms with Crippen LogP contribution in [-0.2, 0) is 9.53 Å². The molecule has 74 valence electrons. The van der Waals surface area contributed by atoms with Crippen molar-refractivity contribution >= 4 is 11.5 Å². The maximum Gasteiger partial charge on any atom is 0.241 e. The third-order valence-corrected chi connectivity index (χ3v) is 1.67. The molecule has 0 aromatic carbocycles. The summed E-state index contributed by atoms with van der Waals surface area (Å²) in [6.07, 6.45) is 4.67. The Morgan fingerprint density at radius 2 is 2.21 bits per heavy atom. The average molecular weight is 192 g/mol. The molecule has 14 heavy (non-hydrogen) atoms. The molecule has 0 bridgehead atoms. The van der Waals surface area contributed by atoms with Crippen LogP contribution >= 0.6 is 0 Å². The van der Waals surface area contributed by atoms with Gasteiger partial charge in [0.25, 0.3) is 0 Å². The first kappa shape index (κ1) is 10.4. The maximum absolute atomic E-state index is 10.7. The van der Waals surface area contributed by atoms with E-state index in [-0.39, 0.29) is 0 Å². The molecule has 1 heterocycles. The van der Waals surface area contributed by atoms with E-state index in [1.165, 1.54) is 6.08 Å². The summed E-state index contributed by atoms with van der Waals surface area (Å²) in [6.45, 7) is 0.354. The summed E-state index contributed by atoms with van der Waals surface area (Å²) in [7, 11) is 1.57. The van der Waals surface area contributed by atoms with Gasteiger partial charge in [-0.1, -0.05) is 0 Å². The van der Waals surface area contributed by atoms with Gasteiger partial charge in [0.1, 0.15) is 0 Å². The first-order valence-electron chi connectivity index (χ1n) is 4.13. The Morgan fingerprint density at radius 1 is 1.57 bits per heavy atom. The molecule has 0 unspecified atom stereocenters. The van der Waals surface area contributed by atoms with Crippen LogP contribution in [0, 0.1) is 0 Å². The van der Waals surface area contributed by atoms with Gasteiger partial charge in [-0.3, -0.25) is 9.78 Å². The summed E-state index contributed by atoms with van der Waals surface area (Å²) in [6, 6.07) is 3.60. The number of aromatic nitrogens is 1. The van der Waals surface area contributed by atoms with Crippen molar-refractivity contribution in [3.63, 3.8) is 0 Å². The highest BCUT2D eigenvalue weighted by molar-refractivity contribution is 5.94. The van der Waals surface area contributed by atoms with Crippen molar-refractivity contribution in [2.45, 2.75) is 0 Å². The zero-order valence-electron chi connectivity index (χ0n) is 7.93. The lowest BCUT2D eigenvalue weighted by atomic mass is 10.1. The van der Waals surface area contributed by atoms with Crippen molar-refractivity contribution in [3.05, 3.63) is 36.2 Å². The van der Waals surface area contributed by atoms with Crippen LogP contribution in [0.3, 0.4) is 0 Å². The van der Waals surface area contributed by atoms with E-state index in [2.05, 4.69) is 4.98 Å². The zero-order valence-corrected chi connectivity index (χ0v) is 7.93. The summed E-state index contributed by atoms with van der Waals surface area (Å²) in [5, 5.41) is 0. The molecule has 0 atom stereocenters. The van der Waals surface area contributed by atoms with Gasteiger partial charge < -0.3 is 10.5 Å². The van der Waals surface area contributed by atoms with Gasteiger partial charge in [0.2, 0.25) is 5.91 Å². The van der Waals surface area contributed by atoms with Gasteiger partial charge in [0, 0.05) is 25.6 Å². The van der Waals surface area contributed by atoms with Gasteiger partial charge in [0.15, 0.2) is 0 Å². The summed E-state index contributed by atoms with van der Waals surface area (Å²) >= 11 is 0. The van der Waals surface area contributed by atoms with Gasteiger partial charge >= 0.3 is 0 Å². The lowest BCUT2D eigenvalue weighted by Crippen LogP contribution is -2.08. The molecule has 0 fully saturated rings. The Bertz CT molecular complexity index is 333. The molecule has 0 aliphatic heterocycles. The number of nitrogens with two attached hydrogens (primary N) is 1. The molecule has 0 saturated carbocycles. The summed E-state index contributed by atoms with van der Waals surface area (Å²) < 4.78 is 4.96. The Labute approximate surface area is 82.4 Å². The van der Waals surface area contributed by atoms with E-state index in [4.69, 9.17) is 10.5 Å². The largest absolute Gasteiger partial charge is 0.380 e. The number of primary amides is 1. The second-order valence-corrected chi connectivity index (χ2v) is 2.74. The fourth-order valence-electron chi connectivity index (χ4n) is 1.10. The third-order valence-electron chi connectivity index (χ3n) is 1.67. The van der Waals surface area contributed by atoms with Crippen molar-refractivity contribution < 1.29 is 9.53 Å². The minimum Gasteiger partial charge on any atom is -0.380 e. The van der Waals surface area contributed by atoms with Crippen LogP contribution in [0.5, 0.6) is 0 Å². The van der Waals surface area contributed by atoms with Gasteiger partial charge in [0.05, 0.1) is 6.61 Å². The molecule has 0 aliphatic carbocycles. The molecule has 4 nitrogen and oxygen atoms in total. The van der Waals surface area contributed by atoms with E-state index in [1.54, 1.807) is 31.6 Å². The van der Waals surface area contributed by atoms with Crippen LogP contribution in [0.15, 0.2) is 30.6 Å². The number of ether oxygens (including phenoxy) is 1. The molecular formula is C10H12N2O2. The normalized spacial score (nSPS) is 11.4. The van der Waals surface area contributed by atoms with Crippen molar-refractivity contribution in [3.8, 4) is 0 Å². The standard InChI is InChI=1S/C10H12N2O2/c1-14-7-9(6-10(11)13)8-2-4-12-5-3-8/h2-6H,7H2,1H3,(H2,11,13). The van der Waals surface area contributed by atoms with Crippen LogP contribution in [0.4, 0.5) is 0 Å². The zero-order chi connectivity index (χ0) is 10.4. The van der Waals surface area contributed by atoms with E-state index in [1.807, 2.05) is 0 Å². The fourth-order valence-corrected chi connectivity index (χ4v) is 1.10. The quantitative estimate of drug-likeness (QED) is 0.710. The minimum atomic E-state index is -0.478. The number of pyridine rings is 1. The monoisotopic (exact) mass is 192 g/mol. The lowest BCUT2D eigenvalue weighted by Gasteiger charge is -2.04. The Morgan fingerprint density at radius 3 is 2.71 bits per heavy atom. The maximum atomic E-state index is 10.7. The number of rotatable bonds is 4. The molecule has 0 spiro atoms. The molecule has 1 aromatic rings. The number of carbonyl (C=O) groups is 1. The highest BCUT2D eigenvalue weighted by Crippen LogP contribution is 2.12. The number of hydrogen-bond donors (Lipinski definition) is 1. The highest BCUT2D eigenvalue weighted by atomic mass is 16.5. The molecular weight excluding hydrogens is 180 g/mol. The summed E-state index contributed by atoms with van der Waals surface area (Å²) in [5.74, 6) is -0.478. The predicted molar refractivity (Wildman–Crippen MR) is 53.3 cm³/mol. The molecule has 0 radical (unpaired) electrons. The topological polar surface area (TPSA) is 65.2 Å². The molecule has 2 N–H and O–H groups in total. The number of carbonyl (C=O) groups excluding carboxylic acids is 1. The average Bonchev–Trinajstić information content (AvgIpc) is 2.18. The van der Waals surface area contributed by atoms with E-state index in [0.29, 0.717) is 6.61 Å². The fraction of sp³-hybridized carbons (Fsp3) is 0.200. The smallest absolute Gasteiger partial charge is 0.241 e. The summed E-state index contributed by atoms with van der Waals surface area (Å²) in [5.41, 5.74) is 6.72. The second kappa shape index (κ2) is 5.14. The number of nitrogens with zero attached hydrogens (tertiary/aromatic N) is 1. The van der Waals surface area contributed by atoms with Crippen LogP contribution in [0.1, 0.15) is 5.56 Å². The number of methoxy groups -OCH3 is 1. The second-order valence-electron chi connectivity index (χ2n) is 2.74. The first-order chi connectivity index (χ1) is 6.74. The van der Waals surface area contributed by atoms with E-state index < -0.39 is 5.91 Å². The molecule has 0 aliphatic rings. The number of amides is 1. The molecule has 4 heteroatoms. The molecule has 1 rings (SSSR count). The lowest BCUT2D eigenvalue weighted by molar-refractivity contribution is -0.113. The summed E-state index contributed by atoms with van der Waals surface area (Å²) in [4.78, 5) is 14.6. The van der Waals surface area contributed by atoms with E-state index >= 15 is 0 Å². The van der Waals surface area contributed by atoms with Gasteiger partial charge in [-0.2, -0.15) is 0 Å². The van der Waals surface area contributed by atoms with Crippen molar-refractivity contribution in [1.82, 2.24) is 4.98 Å². The third kappa shape index (κ3) is 2.99. The Balaban J connectivity index is 2.94. The van der Waals surface area contributed by atoms with Crippen LogP contribution < -0.4 is 5.73 Å².